The van der Waals surface area contributed by atoms with Crippen molar-refractivity contribution < 1.29 is 38.1 Å². The zero-order chi connectivity index (χ0) is 35.1. The first kappa shape index (κ1) is 33.5. The van der Waals surface area contributed by atoms with E-state index in [1.807, 2.05) is 33.8 Å². The number of fused-ring (bicyclic) bond motifs is 2. The van der Waals surface area contributed by atoms with E-state index in [0.717, 1.165) is 42.4 Å². The number of nitrogens with zero attached hydrogens (tertiary/aromatic N) is 4. The second-order valence-electron chi connectivity index (χ2n) is 15.6. The van der Waals surface area contributed by atoms with Gasteiger partial charge in [0.25, 0.3) is 0 Å². The number of hydrogen-bond acceptors (Lipinski definition) is 10. The standard InChI is InChI=1S/C36H44FN5O7/c1-19-12-20(2)26(23(13-19)47-21(3)43)33(4,5)17-25(44)48-31-34(6)36(31,46)16-24(49-34)42-18-38-27-28(40-32(37)41-29(27)42)39-30(45)22-14-35(15-22)10-8-7-9-11-35/h12-13,18,22,24,31,46H,7-11,14-17H2,1-6H3,(H,39,40,41,45)/t24-,31?,34-,36-/m1/s1. The molecule has 7 rings (SSSR count). The highest BCUT2D eigenvalue weighted by Crippen LogP contribution is 2.64. The fraction of sp³-hybridized carbons (Fsp3) is 0.611. The van der Waals surface area contributed by atoms with E-state index in [0.29, 0.717) is 5.75 Å². The van der Waals surface area contributed by atoms with Crippen molar-refractivity contribution in [3.63, 3.8) is 0 Å². The number of aliphatic hydroxyl groups is 1. The van der Waals surface area contributed by atoms with Gasteiger partial charge < -0.3 is 24.6 Å². The van der Waals surface area contributed by atoms with Crippen LogP contribution in [0.15, 0.2) is 18.5 Å². The summed E-state index contributed by atoms with van der Waals surface area (Å²) in [7, 11) is 0. The fourth-order valence-electron chi connectivity index (χ4n) is 8.97. The molecule has 262 valence electrons. The molecule has 2 aromatic heterocycles. The van der Waals surface area contributed by atoms with E-state index in [4.69, 9.17) is 14.2 Å². The van der Waals surface area contributed by atoms with Crippen LogP contribution in [0.1, 0.15) is 108 Å². The van der Waals surface area contributed by atoms with Crippen LogP contribution < -0.4 is 10.1 Å². The number of nitrogens with one attached hydrogen (secondary N) is 1. The number of imidazole rings is 1. The van der Waals surface area contributed by atoms with Crippen LogP contribution in [0.2, 0.25) is 0 Å². The Bertz CT molecular complexity index is 1840. The topological polar surface area (TPSA) is 155 Å². The zero-order valence-corrected chi connectivity index (χ0v) is 28.9. The molecule has 13 heteroatoms. The third kappa shape index (κ3) is 5.68. The van der Waals surface area contributed by atoms with Gasteiger partial charge in [0.15, 0.2) is 23.1 Å². The number of hydrogen-bond donors (Lipinski definition) is 2. The minimum absolute atomic E-state index is 0.000908. The average Bonchev–Trinajstić information content (AvgIpc) is 3.28. The van der Waals surface area contributed by atoms with Crippen LogP contribution in [-0.4, -0.2) is 59.8 Å². The lowest BCUT2D eigenvalue weighted by Gasteiger charge is -2.49. The summed E-state index contributed by atoms with van der Waals surface area (Å²) in [4.78, 5) is 50.4. The predicted octanol–water partition coefficient (Wildman–Crippen LogP) is 5.51. The zero-order valence-electron chi connectivity index (χ0n) is 28.9. The number of anilines is 1. The van der Waals surface area contributed by atoms with Gasteiger partial charge in [-0.1, -0.05) is 39.2 Å². The number of aryl methyl sites for hydroxylation is 2. The maximum absolute atomic E-state index is 14.7. The summed E-state index contributed by atoms with van der Waals surface area (Å²) in [6.45, 7) is 10.5. The van der Waals surface area contributed by atoms with Crippen molar-refractivity contribution in [3.8, 4) is 5.75 Å². The fourth-order valence-corrected chi connectivity index (χ4v) is 8.97. The summed E-state index contributed by atoms with van der Waals surface area (Å²) in [6.07, 6.45) is 6.30. The van der Waals surface area contributed by atoms with Gasteiger partial charge in [0.2, 0.25) is 5.91 Å². The maximum Gasteiger partial charge on any atom is 0.312 e. The molecule has 1 amide bonds. The van der Waals surface area contributed by atoms with Crippen LogP contribution in [0, 0.1) is 31.3 Å². The molecule has 2 N–H and O–H groups in total. The Hall–Kier alpha value is -3.97. The molecular weight excluding hydrogens is 633 g/mol. The lowest BCUT2D eigenvalue weighted by atomic mass is 9.55. The average molecular weight is 678 g/mol. The quantitative estimate of drug-likeness (QED) is 0.177. The summed E-state index contributed by atoms with van der Waals surface area (Å²) >= 11 is 0. The Morgan fingerprint density at radius 2 is 1.84 bits per heavy atom. The predicted molar refractivity (Wildman–Crippen MR) is 175 cm³/mol. The summed E-state index contributed by atoms with van der Waals surface area (Å²) in [5.74, 6) is -0.947. The molecule has 4 aliphatic rings. The van der Waals surface area contributed by atoms with Crippen molar-refractivity contribution >= 4 is 34.8 Å². The molecule has 3 saturated carbocycles. The van der Waals surface area contributed by atoms with Gasteiger partial charge in [0, 0.05) is 30.2 Å². The van der Waals surface area contributed by atoms with Crippen LogP contribution in [0.3, 0.4) is 0 Å². The highest BCUT2D eigenvalue weighted by molar-refractivity contribution is 5.98. The van der Waals surface area contributed by atoms with E-state index in [-0.39, 0.29) is 47.1 Å². The van der Waals surface area contributed by atoms with Crippen LogP contribution in [-0.2, 0) is 29.3 Å². The third-order valence-electron chi connectivity index (χ3n) is 11.4. The van der Waals surface area contributed by atoms with Crippen molar-refractivity contribution in [2.24, 2.45) is 11.3 Å². The van der Waals surface area contributed by atoms with Gasteiger partial charge in [-0.15, -0.1) is 0 Å². The molecule has 3 aromatic rings. The molecule has 4 fully saturated rings. The first-order valence-electron chi connectivity index (χ1n) is 17.1. The van der Waals surface area contributed by atoms with Gasteiger partial charge in [0.1, 0.15) is 23.2 Å². The molecule has 1 aliphatic heterocycles. The highest BCUT2D eigenvalue weighted by atomic mass is 19.1. The van der Waals surface area contributed by atoms with Crippen LogP contribution in [0.5, 0.6) is 5.75 Å². The van der Waals surface area contributed by atoms with E-state index >= 15 is 0 Å². The number of carbonyl (C=O) groups excluding carboxylic acids is 3. The number of rotatable bonds is 8. The van der Waals surface area contributed by atoms with Crippen molar-refractivity contribution in [3.05, 3.63) is 41.2 Å². The van der Waals surface area contributed by atoms with Crippen molar-refractivity contribution in [1.82, 2.24) is 19.5 Å². The molecule has 0 radical (unpaired) electrons. The Morgan fingerprint density at radius 1 is 1.12 bits per heavy atom. The smallest absolute Gasteiger partial charge is 0.312 e. The van der Waals surface area contributed by atoms with Crippen LogP contribution >= 0.6 is 0 Å². The van der Waals surface area contributed by atoms with Crippen molar-refractivity contribution in [2.45, 2.75) is 128 Å². The molecule has 1 aromatic carbocycles. The summed E-state index contributed by atoms with van der Waals surface area (Å²) < 4.78 is 33.8. The van der Waals surface area contributed by atoms with Gasteiger partial charge in [-0.25, -0.2) is 4.98 Å². The molecule has 4 atom stereocenters. The van der Waals surface area contributed by atoms with E-state index in [1.54, 1.807) is 13.0 Å². The van der Waals surface area contributed by atoms with Gasteiger partial charge in [-0.05, 0) is 69.1 Å². The largest absolute Gasteiger partial charge is 0.456 e. The molecule has 3 heterocycles. The number of aromatic nitrogens is 4. The molecule has 49 heavy (non-hydrogen) atoms. The van der Waals surface area contributed by atoms with Gasteiger partial charge in [-0.3, -0.25) is 19.0 Å². The van der Waals surface area contributed by atoms with E-state index in [9.17, 15) is 23.9 Å². The lowest BCUT2D eigenvalue weighted by molar-refractivity contribution is -0.154. The Kier molecular flexibility index (Phi) is 7.90. The number of halogens is 1. The molecule has 1 spiro atoms. The maximum atomic E-state index is 14.7. The third-order valence-corrected chi connectivity index (χ3v) is 11.4. The number of carbonyl (C=O) groups is 3. The van der Waals surface area contributed by atoms with E-state index in [1.165, 1.54) is 37.1 Å². The first-order chi connectivity index (χ1) is 23.0. The second kappa shape index (κ2) is 11.5. The summed E-state index contributed by atoms with van der Waals surface area (Å²) in [5, 5.41) is 14.4. The number of esters is 2. The minimum atomic E-state index is -1.50. The van der Waals surface area contributed by atoms with Crippen LogP contribution in [0.25, 0.3) is 11.2 Å². The van der Waals surface area contributed by atoms with Crippen molar-refractivity contribution in [2.75, 3.05) is 5.32 Å². The SMILES string of the molecule is CC(=O)Oc1cc(C)cc(C)c1C(C)(C)CC(=O)OC1[C@]2(O)C[C@H](n3cnc4c(NC(=O)C5CC6(CCCCC6)C5)nc(F)nc43)O[C@]12C. The summed E-state index contributed by atoms with van der Waals surface area (Å²) in [5.41, 5.74) is -0.372. The molecule has 12 nitrogen and oxygen atoms in total. The molecular formula is C36H44FN5O7. The lowest BCUT2D eigenvalue weighted by Crippen LogP contribution is -2.44. The molecule has 1 saturated heterocycles. The Balaban J connectivity index is 1.02. The highest BCUT2D eigenvalue weighted by Gasteiger charge is 2.83. The summed E-state index contributed by atoms with van der Waals surface area (Å²) in [6, 6.07) is 3.74. The minimum Gasteiger partial charge on any atom is -0.456 e. The Labute approximate surface area is 284 Å². The number of benzene rings is 1. The molecule has 3 aliphatic carbocycles. The van der Waals surface area contributed by atoms with E-state index in [2.05, 4.69) is 20.3 Å². The second-order valence-corrected chi connectivity index (χ2v) is 15.6. The number of amides is 1. The van der Waals surface area contributed by atoms with Crippen molar-refractivity contribution in [1.29, 1.82) is 0 Å². The van der Waals surface area contributed by atoms with Crippen LogP contribution in [0.4, 0.5) is 10.2 Å². The number of ether oxygens (including phenoxy) is 3. The van der Waals surface area contributed by atoms with E-state index < -0.39 is 47.0 Å². The monoisotopic (exact) mass is 677 g/mol. The van der Waals surface area contributed by atoms with Gasteiger partial charge in [-0.2, -0.15) is 14.4 Å². The molecule has 1 unspecified atom stereocenters. The first-order valence-corrected chi connectivity index (χ1v) is 17.1. The van der Waals surface area contributed by atoms with Gasteiger partial charge >= 0.3 is 18.0 Å². The Morgan fingerprint density at radius 3 is 2.49 bits per heavy atom. The normalized spacial score (nSPS) is 27.4. The van der Waals surface area contributed by atoms with Gasteiger partial charge in [0.05, 0.1) is 12.7 Å². The molecule has 0 bridgehead atoms.